The molecule has 1 aromatic carbocycles. The number of aryl methyl sites for hydroxylation is 1. The molecule has 3 aliphatic carbocycles. The average molecular weight is 291 g/mol. The third-order valence-corrected chi connectivity index (χ3v) is 6.23. The van der Waals surface area contributed by atoms with E-state index in [9.17, 15) is 8.78 Å². The second-order valence-electron chi connectivity index (χ2n) is 7.19. The normalized spacial score (nSPS) is 37.6. The highest BCUT2D eigenvalue weighted by Gasteiger charge is 2.67. The monoisotopic (exact) mass is 291 g/mol. The highest BCUT2D eigenvalue weighted by atomic mass is 19.1. The molecule has 4 rings (SSSR count). The van der Waals surface area contributed by atoms with Crippen LogP contribution in [-0.2, 0) is 0 Å². The molecule has 1 N–H and O–H groups in total. The fraction of sp³-hybridized carbons (Fsp3) is 0.667. The molecule has 1 nitrogen and oxygen atoms in total. The van der Waals surface area contributed by atoms with Crippen LogP contribution in [0.15, 0.2) is 12.1 Å². The van der Waals surface area contributed by atoms with Gasteiger partial charge in [-0.05, 0) is 74.0 Å². The van der Waals surface area contributed by atoms with Gasteiger partial charge in [0.05, 0.1) is 0 Å². The first-order chi connectivity index (χ1) is 10.1. The Labute approximate surface area is 125 Å². The van der Waals surface area contributed by atoms with Crippen LogP contribution in [0.3, 0.4) is 0 Å². The summed E-state index contributed by atoms with van der Waals surface area (Å²) in [6, 6.07) is 2.81. The summed E-state index contributed by atoms with van der Waals surface area (Å²) in [6.45, 7) is 4.49. The maximum Gasteiger partial charge on any atom is 0.133 e. The fourth-order valence-corrected chi connectivity index (χ4v) is 5.45. The molecule has 3 heteroatoms. The predicted molar refractivity (Wildman–Crippen MR) is 78.8 cm³/mol. The second kappa shape index (κ2) is 4.77. The first-order valence-electron chi connectivity index (χ1n) is 8.31. The van der Waals surface area contributed by atoms with E-state index in [0.29, 0.717) is 23.3 Å². The van der Waals surface area contributed by atoms with Gasteiger partial charge in [0.2, 0.25) is 0 Å². The van der Waals surface area contributed by atoms with E-state index in [1.165, 1.54) is 31.4 Å². The predicted octanol–water partition coefficient (Wildman–Crippen LogP) is 4.22. The summed E-state index contributed by atoms with van der Waals surface area (Å²) in [5.74, 6) is 2.78. The van der Waals surface area contributed by atoms with Crippen LogP contribution >= 0.6 is 0 Å². The maximum absolute atomic E-state index is 14.5. The van der Waals surface area contributed by atoms with Crippen molar-refractivity contribution in [3.05, 3.63) is 34.9 Å². The molecule has 5 atom stereocenters. The molecule has 3 saturated carbocycles. The lowest BCUT2D eigenvalue weighted by Gasteiger charge is -2.23. The SMILES string of the molecule is CCNC(c1c(F)ccc(C)c1F)C1C2C3CCC(C3)C21. The minimum atomic E-state index is -0.388. The van der Waals surface area contributed by atoms with Crippen molar-refractivity contribution in [2.75, 3.05) is 6.54 Å². The van der Waals surface area contributed by atoms with Gasteiger partial charge in [-0.2, -0.15) is 0 Å². The summed E-state index contributed by atoms with van der Waals surface area (Å²) in [6.07, 6.45) is 4.03. The van der Waals surface area contributed by atoms with Gasteiger partial charge in [-0.3, -0.25) is 0 Å². The van der Waals surface area contributed by atoms with Crippen molar-refractivity contribution < 1.29 is 8.78 Å². The van der Waals surface area contributed by atoms with Crippen LogP contribution in [0.1, 0.15) is 43.4 Å². The fourth-order valence-electron chi connectivity index (χ4n) is 5.45. The molecule has 2 bridgehead atoms. The minimum absolute atomic E-state index is 0.145. The van der Waals surface area contributed by atoms with E-state index in [-0.39, 0.29) is 23.2 Å². The van der Waals surface area contributed by atoms with Crippen molar-refractivity contribution >= 4 is 0 Å². The smallest absolute Gasteiger partial charge is 0.133 e. The standard InChI is InChI=1S/C18H23F2N/c1-3-21-18(15-12(19)7-4-9(2)17(15)20)16-13-10-5-6-11(8-10)14(13)16/h4,7,10-11,13-14,16,18,21H,3,5-6,8H2,1-2H3. The lowest BCUT2D eigenvalue weighted by Crippen LogP contribution is -2.27. The Bertz CT molecular complexity index is 555. The van der Waals surface area contributed by atoms with E-state index in [1.54, 1.807) is 6.92 Å². The molecule has 21 heavy (non-hydrogen) atoms. The largest absolute Gasteiger partial charge is 0.310 e. The Morgan fingerprint density at radius 2 is 1.86 bits per heavy atom. The van der Waals surface area contributed by atoms with Crippen LogP contribution in [0.2, 0.25) is 0 Å². The van der Waals surface area contributed by atoms with E-state index < -0.39 is 0 Å². The first-order valence-corrected chi connectivity index (χ1v) is 8.31. The summed E-state index contributed by atoms with van der Waals surface area (Å²) in [7, 11) is 0. The highest BCUT2D eigenvalue weighted by molar-refractivity contribution is 5.32. The van der Waals surface area contributed by atoms with Crippen LogP contribution in [0.5, 0.6) is 0 Å². The van der Waals surface area contributed by atoms with E-state index in [4.69, 9.17) is 0 Å². The third-order valence-electron chi connectivity index (χ3n) is 6.23. The number of rotatable bonds is 4. The van der Waals surface area contributed by atoms with E-state index in [2.05, 4.69) is 5.32 Å². The Kier molecular flexibility index (Phi) is 3.11. The van der Waals surface area contributed by atoms with Gasteiger partial charge in [-0.1, -0.05) is 13.0 Å². The van der Waals surface area contributed by atoms with Crippen molar-refractivity contribution in [1.29, 1.82) is 0 Å². The summed E-state index contributed by atoms with van der Waals surface area (Å²) in [4.78, 5) is 0. The minimum Gasteiger partial charge on any atom is -0.310 e. The van der Waals surface area contributed by atoms with Crippen LogP contribution in [-0.4, -0.2) is 6.54 Å². The average Bonchev–Trinajstić information content (AvgIpc) is 2.88. The van der Waals surface area contributed by atoms with Gasteiger partial charge >= 0.3 is 0 Å². The number of nitrogens with one attached hydrogen (secondary N) is 1. The Hall–Kier alpha value is -0.960. The van der Waals surface area contributed by atoms with E-state index in [1.807, 2.05) is 6.92 Å². The van der Waals surface area contributed by atoms with E-state index in [0.717, 1.165) is 18.4 Å². The van der Waals surface area contributed by atoms with Crippen molar-refractivity contribution in [3.63, 3.8) is 0 Å². The van der Waals surface area contributed by atoms with E-state index >= 15 is 0 Å². The first kappa shape index (κ1) is 13.7. The van der Waals surface area contributed by atoms with Gasteiger partial charge in [0.1, 0.15) is 11.6 Å². The lowest BCUT2D eigenvalue weighted by atomic mass is 9.91. The summed E-state index contributed by atoms with van der Waals surface area (Å²) in [5, 5.41) is 3.39. The van der Waals surface area contributed by atoms with Crippen LogP contribution in [0, 0.1) is 48.1 Å². The summed E-state index contributed by atoms with van der Waals surface area (Å²) < 4.78 is 28.8. The van der Waals surface area contributed by atoms with Gasteiger partial charge in [0.15, 0.2) is 0 Å². The van der Waals surface area contributed by atoms with Crippen LogP contribution in [0.4, 0.5) is 8.78 Å². The number of benzene rings is 1. The molecule has 3 aliphatic rings. The summed E-state index contributed by atoms with van der Waals surface area (Å²) >= 11 is 0. The maximum atomic E-state index is 14.5. The number of fused-ring (bicyclic) bond motifs is 5. The molecule has 0 spiro atoms. The Morgan fingerprint density at radius 3 is 2.48 bits per heavy atom. The second-order valence-corrected chi connectivity index (χ2v) is 7.19. The molecule has 0 amide bonds. The highest BCUT2D eigenvalue weighted by Crippen LogP contribution is 2.72. The number of hydrogen-bond donors (Lipinski definition) is 1. The third kappa shape index (κ3) is 1.89. The molecular formula is C18H23F2N. The Morgan fingerprint density at radius 1 is 1.19 bits per heavy atom. The molecule has 0 aromatic heterocycles. The van der Waals surface area contributed by atoms with Crippen molar-refractivity contribution in [1.82, 2.24) is 5.32 Å². The molecular weight excluding hydrogens is 268 g/mol. The van der Waals surface area contributed by atoms with Gasteiger partial charge in [0, 0.05) is 11.6 Å². The van der Waals surface area contributed by atoms with Gasteiger partial charge < -0.3 is 5.32 Å². The summed E-state index contributed by atoms with van der Waals surface area (Å²) in [5.41, 5.74) is 0.832. The zero-order valence-corrected chi connectivity index (χ0v) is 12.7. The zero-order valence-electron chi connectivity index (χ0n) is 12.7. The van der Waals surface area contributed by atoms with Crippen LogP contribution < -0.4 is 5.32 Å². The molecule has 114 valence electrons. The topological polar surface area (TPSA) is 12.0 Å². The van der Waals surface area contributed by atoms with Gasteiger partial charge in [-0.15, -0.1) is 0 Å². The van der Waals surface area contributed by atoms with Gasteiger partial charge in [0.25, 0.3) is 0 Å². The molecule has 1 aromatic rings. The Balaban J connectivity index is 1.69. The number of hydrogen-bond acceptors (Lipinski definition) is 1. The van der Waals surface area contributed by atoms with Crippen LogP contribution in [0.25, 0.3) is 0 Å². The molecule has 3 fully saturated rings. The molecule has 0 aliphatic heterocycles. The van der Waals surface area contributed by atoms with Crippen molar-refractivity contribution in [2.24, 2.45) is 29.6 Å². The quantitative estimate of drug-likeness (QED) is 0.876. The zero-order chi connectivity index (χ0) is 14.7. The molecule has 5 unspecified atom stereocenters. The molecule has 0 saturated heterocycles. The number of halogens is 2. The van der Waals surface area contributed by atoms with Crippen molar-refractivity contribution in [3.8, 4) is 0 Å². The molecule has 0 radical (unpaired) electrons. The molecule has 0 heterocycles. The van der Waals surface area contributed by atoms with Crippen molar-refractivity contribution in [2.45, 2.75) is 39.2 Å². The lowest BCUT2D eigenvalue weighted by molar-refractivity contribution is 0.356. The van der Waals surface area contributed by atoms with Gasteiger partial charge in [-0.25, -0.2) is 8.78 Å².